The Kier molecular flexibility index (Phi) is 6.58. The Hall–Kier alpha value is -1.19. The molecule has 15 heavy (non-hydrogen) atoms. The summed E-state index contributed by atoms with van der Waals surface area (Å²) in [6.07, 6.45) is 1.98. The number of ether oxygens (including phenoxy) is 1. The van der Waals surface area contributed by atoms with Crippen molar-refractivity contribution in [1.82, 2.24) is 0 Å². The van der Waals surface area contributed by atoms with E-state index in [9.17, 15) is 14.4 Å². The first-order chi connectivity index (χ1) is 7.02. The highest BCUT2D eigenvalue weighted by Crippen LogP contribution is 2.13. The van der Waals surface area contributed by atoms with Crippen LogP contribution in [0.15, 0.2) is 0 Å². The fourth-order valence-corrected chi connectivity index (χ4v) is 1.33. The van der Waals surface area contributed by atoms with E-state index in [1.54, 1.807) is 0 Å². The number of esters is 1. The zero-order valence-corrected chi connectivity index (χ0v) is 9.54. The molecule has 0 saturated heterocycles. The van der Waals surface area contributed by atoms with Crippen LogP contribution in [-0.4, -0.2) is 24.6 Å². The molecule has 0 aliphatic rings. The Bertz CT molecular complexity index is 245. The van der Waals surface area contributed by atoms with E-state index in [4.69, 9.17) is 0 Å². The average molecular weight is 214 g/mol. The molecule has 1 atom stereocenters. The molecule has 0 spiro atoms. The molecule has 0 rings (SSSR count). The lowest BCUT2D eigenvalue weighted by Crippen LogP contribution is -2.26. The minimum absolute atomic E-state index is 0.177. The van der Waals surface area contributed by atoms with Gasteiger partial charge in [-0.2, -0.15) is 0 Å². The number of methoxy groups -OCH3 is 1. The molecule has 0 N–H and O–H groups in total. The molecule has 4 nitrogen and oxygen atoms in total. The topological polar surface area (TPSA) is 60.4 Å². The highest BCUT2D eigenvalue weighted by Gasteiger charge is 2.27. The van der Waals surface area contributed by atoms with Gasteiger partial charge in [-0.1, -0.05) is 19.8 Å². The van der Waals surface area contributed by atoms with Gasteiger partial charge >= 0.3 is 5.97 Å². The molecule has 0 saturated carbocycles. The molecule has 0 aliphatic heterocycles. The zero-order valence-electron chi connectivity index (χ0n) is 9.54. The van der Waals surface area contributed by atoms with Crippen LogP contribution >= 0.6 is 0 Å². The number of unbranched alkanes of at least 4 members (excludes halogenated alkanes) is 1. The van der Waals surface area contributed by atoms with Crippen LogP contribution in [0.1, 0.15) is 39.5 Å². The van der Waals surface area contributed by atoms with E-state index in [0.717, 1.165) is 12.8 Å². The fourth-order valence-electron chi connectivity index (χ4n) is 1.33. The number of carbonyl (C=O) groups is 3. The van der Waals surface area contributed by atoms with E-state index in [1.165, 1.54) is 14.0 Å². The normalized spacial score (nSPS) is 11.9. The van der Waals surface area contributed by atoms with Crippen LogP contribution in [0.3, 0.4) is 0 Å². The van der Waals surface area contributed by atoms with Gasteiger partial charge in [0, 0.05) is 0 Å². The van der Waals surface area contributed by atoms with Gasteiger partial charge in [-0.05, 0) is 13.3 Å². The summed E-state index contributed by atoms with van der Waals surface area (Å²) >= 11 is 0. The maximum Gasteiger partial charge on any atom is 0.316 e. The summed E-state index contributed by atoms with van der Waals surface area (Å²) in [7, 11) is 1.25. The molecule has 0 fully saturated rings. The number of Topliss-reactive ketones (excluding diaryl/α,β-unsaturated/α-hetero) is 2. The molecule has 4 heteroatoms. The molecule has 0 aromatic carbocycles. The molecule has 0 amide bonds. The van der Waals surface area contributed by atoms with E-state index in [0.29, 0.717) is 6.42 Å². The molecule has 0 radical (unpaired) electrons. The summed E-state index contributed by atoms with van der Waals surface area (Å²) in [4.78, 5) is 33.6. The molecule has 0 bridgehead atoms. The van der Waals surface area contributed by atoms with Crippen LogP contribution < -0.4 is 0 Å². The van der Waals surface area contributed by atoms with Gasteiger partial charge in [-0.15, -0.1) is 0 Å². The van der Waals surface area contributed by atoms with Crippen molar-refractivity contribution in [2.24, 2.45) is 5.92 Å². The van der Waals surface area contributed by atoms with Crippen molar-refractivity contribution >= 4 is 17.5 Å². The van der Waals surface area contributed by atoms with Crippen LogP contribution in [0.25, 0.3) is 0 Å². The summed E-state index contributed by atoms with van der Waals surface area (Å²) in [5.74, 6) is -1.85. The summed E-state index contributed by atoms with van der Waals surface area (Å²) in [6.45, 7) is 3.32. The highest BCUT2D eigenvalue weighted by atomic mass is 16.5. The Labute approximate surface area is 90.0 Å². The van der Waals surface area contributed by atoms with E-state index < -0.39 is 11.9 Å². The predicted octanol–water partition coefficient (Wildman–Crippen LogP) is 1.51. The Balaban J connectivity index is 4.40. The van der Waals surface area contributed by atoms with Crippen LogP contribution in [0.5, 0.6) is 0 Å². The number of ketones is 2. The molecule has 86 valence electrons. The van der Waals surface area contributed by atoms with Gasteiger partial charge in [0.05, 0.1) is 13.5 Å². The summed E-state index contributed by atoms with van der Waals surface area (Å²) in [6, 6.07) is 0. The van der Waals surface area contributed by atoms with Gasteiger partial charge in [0.2, 0.25) is 0 Å². The minimum atomic E-state index is -0.765. The van der Waals surface area contributed by atoms with Gasteiger partial charge in [-0.25, -0.2) is 0 Å². The molecular formula is C11H18O4. The third-order valence-electron chi connectivity index (χ3n) is 2.14. The van der Waals surface area contributed by atoms with Crippen molar-refractivity contribution in [3.8, 4) is 0 Å². The molecule has 0 aliphatic carbocycles. The Morgan fingerprint density at radius 1 is 1.27 bits per heavy atom. The maximum absolute atomic E-state index is 11.5. The first-order valence-corrected chi connectivity index (χ1v) is 5.12. The highest BCUT2D eigenvalue weighted by molar-refractivity contribution is 6.07. The first-order valence-electron chi connectivity index (χ1n) is 5.12. The van der Waals surface area contributed by atoms with E-state index in [1.807, 2.05) is 6.92 Å². The SMILES string of the molecule is CCCCC(C(=O)CC(C)=O)C(=O)OC. The van der Waals surface area contributed by atoms with Crippen molar-refractivity contribution in [1.29, 1.82) is 0 Å². The maximum atomic E-state index is 11.5. The van der Waals surface area contributed by atoms with Crippen molar-refractivity contribution in [3.05, 3.63) is 0 Å². The monoisotopic (exact) mass is 214 g/mol. The molecule has 1 unspecified atom stereocenters. The van der Waals surface area contributed by atoms with Gasteiger partial charge in [0.25, 0.3) is 0 Å². The number of hydrogen-bond acceptors (Lipinski definition) is 4. The largest absolute Gasteiger partial charge is 0.468 e. The van der Waals surface area contributed by atoms with Crippen molar-refractivity contribution < 1.29 is 19.1 Å². The lowest BCUT2D eigenvalue weighted by Gasteiger charge is -2.11. The predicted molar refractivity (Wildman–Crippen MR) is 55.3 cm³/mol. The van der Waals surface area contributed by atoms with E-state index in [2.05, 4.69) is 4.74 Å². The van der Waals surface area contributed by atoms with Gasteiger partial charge in [-0.3, -0.25) is 14.4 Å². The van der Waals surface area contributed by atoms with Crippen molar-refractivity contribution in [2.75, 3.05) is 7.11 Å². The summed E-state index contributed by atoms with van der Waals surface area (Å²) in [5.41, 5.74) is 0. The summed E-state index contributed by atoms with van der Waals surface area (Å²) < 4.78 is 4.54. The molecular weight excluding hydrogens is 196 g/mol. The van der Waals surface area contributed by atoms with Crippen molar-refractivity contribution in [2.45, 2.75) is 39.5 Å². The first kappa shape index (κ1) is 13.8. The van der Waals surface area contributed by atoms with Crippen molar-refractivity contribution in [3.63, 3.8) is 0 Å². The van der Waals surface area contributed by atoms with Crippen LogP contribution in [0.2, 0.25) is 0 Å². The summed E-state index contributed by atoms with van der Waals surface area (Å²) in [5, 5.41) is 0. The quantitative estimate of drug-likeness (QED) is 0.476. The number of carbonyl (C=O) groups excluding carboxylic acids is 3. The third-order valence-corrected chi connectivity index (χ3v) is 2.14. The van der Waals surface area contributed by atoms with Crippen LogP contribution in [0.4, 0.5) is 0 Å². The van der Waals surface area contributed by atoms with Crippen LogP contribution in [0, 0.1) is 5.92 Å². The van der Waals surface area contributed by atoms with E-state index >= 15 is 0 Å². The third kappa shape index (κ3) is 5.30. The molecule has 0 aromatic rings. The number of hydrogen-bond donors (Lipinski definition) is 0. The fraction of sp³-hybridized carbons (Fsp3) is 0.727. The van der Waals surface area contributed by atoms with Gasteiger partial charge < -0.3 is 4.74 Å². The van der Waals surface area contributed by atoms with E-state index in [-0.39, 0.29) is 18.0 Å². The number of rotatable bonds is 7. The standard InChI is InChI=1S/C11H18O4/c1-4-5-6-9(11(14)15-3)10(13)7-8(2)12/h9H,4-7H2,1-3H3. The second-order valence-electron chi connectivity index (χ2n) is 3.56. The molecule has 0 heterocycles. The minimum Gasteiger partial charge on any atom is -0.468 e. The lowest BCUT2D eigenvalue weighted by molar-refractivity contribution is -0.149. The Morgan fingerprint density at radius 2 is 1.87 bits per heavy atom. The molecule has 0 aromatic heterocycles. The lowest BCUT2D eigenvalue weighted by atomic mass is 9.94. The smallest absolute Gasteiger partial charge is 0.316 e. The van der Waals surface area contributed by atoms with Gasteiger partial charge in [0.1, 0.15) is 11.7 Å². The Morgan fingerprint density at radius 3 is 2.27 bits per heavy atom. The second kappa shape index (κ2) is 7.15. The van der Waals surface area contributed by atoms with Gasteiger partial charge in [0.15, 0.2) is 5.78 Å². The average Bonchev–Trinajstić information content (AvgIpc) is 2.16. The second-order valence-corrected chi connectivity index (χ2v) is 3.56. The van der Waals surface area contributed by atoms with Crippen LogP contribution in [-0.2, 0) is 19.1 Å². The zero-order chi connectivity index (χ0) is 11.8.